The van der Waals surface area contributed by atoms with E-state index >= 15 is 0 Å². The number of carbonyl (C=O) groups is 1. The van der Waals surface area contributed by atoms with E-state index in [1.165, 1.54) is 0 Å². The summed E-state index contributed by atoms with van der Waals surface area (Å²) in [4.78, 5) is 11.1. The molecule has 0 unspecified atom stereocenters. The molecule has 1 rings (SSSR count). The Bertz CT molecular complexity index is 379. The summed E-state index contributed by atoms with van der Waals surface area (Å²) in [6.45, 7) is 4.03. The summed E-state index contributed by atoms with van der Waals surface area (Å²) in [6, 6.07) is 7.93. The topological polar surface area (TPSA) is 47.6 Å². The number of ether oxygens (including phenoxy) is 2. The number of carbonyl (C=O) groups excluding carboxylic acids is 1. The van der Waals surface area contributed by atoms with Crippen molar-refractivity contribution in [3.63, 3.8) is 0 Å². The maximum atomic E-state index is 11.1. The van der Waals surface area contributed by atoms with Crippen LogP contribution >= 0.6 is 0 Å². The molecule has 0 aromatic heterocycles. The van der Waals surface area contributed by atoms with Crippen molar-refractivity contribution in [1.29, 1.82) is 0 Å². The minimum Gasteiger partial charge on any atom is -0.496 e. The van der Waals surface area contributed by atoms with Crippen molar-refractivity contribution >= 4 is 5.97 Å². The Morgan fingerprint density at radius 3 is 2.84 bits per heavy atom. The number of hydrogen-bond acceptors (Lipinski definition) is 4. The van der Waals surface area contributed by atoms with Crippen LogP contribution in [0.1, 0.15) is 31.7 Å². The van der Waals surface area contributed by atoms with Crippen LogP contribution in [-0.4, -0.2) is 26.2 Å². The van der Waals surface area contributed by atoms with Crippen molar-refractivity contribution in [3.05, 3.63) is 29.8 Å². The van der Waals surface area contributed by atoms with Crippen LogP contribution in [0.2, 0.25) is 0 Å². The van der Waals surface area contributed by atoms with E-state index in [0.29, 0.717) is 13.0 Å². The number of para-hydroxylation sites is 1. The van der Waals surface area contributed by atoms with Gasteiger partial charge in [-0.1, -0.05) is 25.1 Å². The molecule has 0 aliphatic heterocycles. The van der Waals surface area contributed by atoms with Crippen molar-refractivity contribution in [3.8, 4) is 5.75 Å². The first-order chi connectivity index (χ1) is 9.27. The Hall–Kier alpha value is -1.55. The molecule has 0 aliphatic rings. The van der Waals surface area contributed by atoms with E-state index in [1.807, 2.05) is 31.2 Å². The van der Waals surface area contributed by atoms with Gasteiger partial charge in [-0.05, 0) is 25.5 Å². The zero-order valence-electron chi connectivity index (χ0n) is 11.8. The van der Waals surface area contributed by atoms with Crippen molar-refractivity contribution in [2.24, 2.45) is 0 Å². The molecule has 0 saturated heterocycles. The van der Waals surface area contributed by atoms with Gasteiger partial charge in [0.05, 0.1) is 13.7 Å². The molecule has 0 aliphatic carbocycles. The molecule has 0 saturated carbocycles. The molecule has 1 aromatic carbocycles. The van der Waals surface area contributed by atoms with Crippen LogP contribution in [-0.2, 0) is 16.1 Å². The SMILES string of the molecule is CCCC(=O)OCCCNCc1ccccc1OC. The predicted molar refractivity (Wildman–Crippen MR) is 75.2 cm³/mol. The summed E-state index contributed by atoms with van der Waals surface area (Å²) in [6.07, 6.45) is 2.17. The van der Waals surface area contributed by atoms with Crippen molar-refractivity contribution in [2.45, 2.75) is 32.7 Å². The van der Waals surface area contributed by atoms with E-state index in [1.54, 1.807) is 7.11 Å². The van der Waals surface area contributed by atoms with E-state index < -0.39 is 0 Å². The van der Waals surface area contributed by atoms with E-state index in [4.69, 9.17) is 9.47 Å². The van der Waals surface area contributed by atoms with Crippen LogP contribution in [0.5, 0.6) is 5.75 Å². The van der Waals surface area contributed by atoms with Gasteiger partial charge in [-0.3, -0.25) is 4.79 Å². The molecule has 1 aromatic rings. The second-order valence-corrected chi connectivity index (χ2v) is 4.31. The van der Waals surface area contributed by atoms with Gasteiger partial charge in [-0.2, -0.15) is 0 Å². The zero-order chi connectivity index (χ0) is 13.9. The van der Waals surface area contributed by atoms with Crippen molar-refractivity contribution in [2.75, 3.05) is 20.3 Å². The number of nitrogens with one attached hydrogen (secondary N) is 1. The smallest absolute Gasteiger partial charge is 0.305 e. The lowest BCUT2D eigenvalue weighted by molar-refractivity contribution is -0.143. The van der Waals surface area contributed by atoms with E-state index in [-0.39, 0.29) is 5.97 Å². The monoisotopic (exact) mass is 265 g/mol. The fourth-order valence-corrected chi connectivity index (χ4v) is 1.73. The van der Waals surface area contributed by atoms with E-state index in [2.05, 4.69) is 5.32 Å². The van der Waals surface area contributed by atoms with Crippen LogP contribution in [0.4, 0.5) is 0 Å². The fraction of sp³-hybridized carbons (Fsp3) is 0.533. The van der Waals surface area contributed by atoms with Gasteiger partial charge in [0.2, 0.25) is 0 Å². The number of esters is 1. The summed E-state index contributed by atoms with van der Waals surface area (Å²) in [5.74, 6) is 0.789. The highest BCUT2D eigenvalue weighted by Crippen LogP contribution is 2.16. The molecule has 0 spiro atoms. The van der Waals surface area contributed by atoms with Crippen LogP contribution < -0.4 is 10.1 Å². The van der Waals surface area contributed by atoms with E-state index in [9.17, 15) is 4.79 Å². The third kappa shape index (κ3) is 6.25. The maximum absolute atomic E-state index is 11.1. The van der Waals surface area contributed by atoms with Crippen molar-refractivity contribution < 1.29 is 14.3 Å². The lowest BCUT2D eigenvalue weighted by atomic mass is 10.2. The van der Waals surface area contributed by atoms with Gasteiger partial charge in [0.25, 0.3) is 0 Å². The maximum Gasteiger partial charge on any atom is 0.305 e. The van der Waals surface area contributed by atoms with Crippen LogP contribution in [0.15, 0.2) is 24.3 Å². The highest BCUT2D eigenvalue weighted by atomic mass is 16.5. The van der Waals surface area contributed by atoms with Crippen LogP contribution in [0.3, 0.4) is 0 Å². The second kappa shape index (κ2) is 9.39. The molecule has 4 nitrogen and oxygen atoms in total. The van der Waals surface area contributed by atoms with Crippen LogP contribution in [0.25, 0.3) is 0 Å². The standard InChI is InChI=1S/C15H23NO3/c1-3-7-15(17)19-11-6-10-16-12-13-8-4-5-9-14(13)18-2/h4-5,8-9,16H,3,6-7,10-12H2,1-2H3. The number of benzene rings is 1. The summed E-state index contributed by atoms with van der Waals surface area (Å²) < 4.78 is 10.3. The molecule has 0 heterocycles. The lowest BCUT2D eigenvalue weighted by Crippen LogP contribution is -2.17. The zero-order valence-corrected chi connectivity index (χ0v) is 11.8. The first-order valence-electron chi connectivity index (χ1n) is 6.76. The quantitative estimate of drug-likeness (QED) is 0.550. The average Bonchev–Trinajstić information content (AvgIpc) is 2.43. The number of methoxy groups -OCH3 is 1. The molecule has 0 fully saturated rings. The van der Waals surface area contributed by atoms with Gasteiger partial charge in [-0.25, -0.2) is 0 Å². The Labute approximate surface area is 115 Å². The highest BCUT2D eigenvalue weighted by molar-refractivity contribution is 5.69. The van der Waals surface area contributed by atoms with Gasteiger partial charge in [0.15, 0.2) is 0 Å². The molecule has 19 heavy (non-hydrogen) atoms. The minimum absolute atomic E-state index is 0.104. The summed E-state index contributed by atoms with van der Waals surface area (Å²) >= 11 is 0. The third-order valence-corrected chi connectivity index (χ3v) is 2.72. The average molecular weight is 265 g/mol. The largest absolute Gasteiger partial charge is 0.496 e. The molecular formula is C15H23NO3. The van der Waals surface area contributed by atoms with Gasteiger partial charge in [0, 0.05) is 18.5 Å². The molecular weight excluding hydrogens is 242 g/mol. The summed E-state index contributed by atoms with van der Waals surface area (Å²) in [5.41, 5.74) is 1.13. The molecule has 0 radical (unpaired) electrons. The first kappa shape index (κ1) is 15.5. The van der Waals surface area contributed by atoms with Gasteiger partial charge in [-0.15, -0.1) is 0 Å². The predicted octanol–water partition coefficient (Wildman–Crippen LogP) is 2.52. The van der Waals surface area contributed by atoms with Crippen LogP contribution in [0, 0.1) is 0 Å². The molecule has 4 heteroatoms. The highest BCUT2D eigenvalue weighted by Gasteiger charge is 2.01. The Morgan fingerprint density at radius 2 is 2.11 bits per heavy atom. The number of rotatable bonds is 9. The molecule has 0 amide bonds. The van der Waals surface area contributed by atoms with E-state index in [0.717, 1.165) is 37.2 Å². The van der Waals surface area contributed by atoms with Gasteiger partial charge < -0.3 is 14.8 Å². The minimum atomic E-state index is -0.104. The first-order valence-corrected chi connectivity index (χ1v) is 6.76. The number of hydrogen-bond donors (Lipinski definition) is 1. The Morgan fingerprint density at radius 1 is 1.32 bits per heavy atom. The summed E-state index contributed by atoms with van der Waals surface area (Å²) in [7, 11) is 1.67. The summed E-state index contributed by atoms with van der Waals surface area (Å²) in [5, 5.41) is 3.31. The Kier molecular flexibility index (Phi) is 7.66. The molecule has 106 valence electrons. The normalized spacial score (nSPS) is 10.2. The Balaban J connectivity index is 2.12. The second-order valence-electron chi connectivity index (χ2n) is 4.31. The van der Waals surface area contributed by atoms with Crippen molar-refractivity contribution in [1.82, 2.24) is 5.32 Å². The van der Waals surface area contributed by atoms with Gasteiger partial charge >= 0.3 is 5.97 Å². The lowest BCUT2D eigenvalue weighted by Gasteiger charge is -2.09. The molecule has 0 atom stereocenters. The molecule has 1 N–H and O–H groups in total. The molecule has 0 bridgehead atoms. The fourth-order valence-electron chi connectivity index (χ4n) is 1.73. The third-order valence-electron chi connectivity index (χ3n) is 2.72. The van der Waals surface area contributed by atoms with Gasteiger partial charge in [0.1, 0.15) is 5.75 Å².